The van der Waals surface area contributed by atoms with Gasteiger partial charge in [0.15, 0.2) is 0 Å². The first-order valence-electron chi connectivity index (χ1n) is 7.31. The van der Waals surface area contributed by atoms with Crippen LogP contribution in [0.4, 0.5) is 0 Å². The number of nitrogens with zero attached hydrogens (tertiary/aromatic N) is 3. The summed E-state index contributed by atoms with van der Waals surface area (Å²) in [5.74, 6) is 0.0556. The third kappa shape index (κ3) is 4.20. The summed E-state index contributed by atoms with van der Waals surface area (Å²) in [6.07, 6.45) is 5.04. The molecule has 0 bridgehead atoms. The Kier molecular flexibility index (Phi) is 5.47. The lowest BCUT2D eigenvalue weighted by molar-refractivity contribution is 0.0515. The van der Waals surface area contributed by atoms with E-state index in [0.717, 1.165) is 33.0 Å². The second-order valence-corrected chi connectivity index (χ2v) is 7.37. The molecule has 3 rings (SSSR count). The molecule has 0 spiro atoms. The SMILES string of the molecule is O=C(c1ccccc1I)N1CCCC(Oc2ncc(Br)cn2)C1. The van der Waals surface area contributed by atoms with Crippen LogP contribution in [0.15, 0.2) is 41.1 Å². The minimum atomic E-state index is -0.0738. The Morgan fingerprint density at radius 2 is 2.04 bits per heavy atom. The van der Waals surface area contributed by atoms with Gasteiger partial charge in [-0.3, -0.25) is 4.79 Å². The van der Waals surface area contributed by atoms with E-state index in [1.807, 2.05) is 29.2 Å². The molecule has 1 saturated heterocycles. The summed E-state index contributed by atoms with van der Waals surface area (Å²) in [7, 11) is 0. The van der Waals surface area contributed by atoms with Crippen molar-refractivity contribution in [2.45, 2.75) is 18.9 Å². The average Bonchev–Trinajstić information content (AvgIpc) is 2.57. The van der Waals surface area contributed by atoms with Gasteiger partial charge in [-0.05, 0) is 63.5 Å². The normalized spacial score (nSPS) is 17.8. The van der Waals surface area contributed by atoms with E-state index in [1.165, 1.54) is 0 Å². The highest BCUT2D eigenvalue weighted by atomic mass is 127. The molecule has 1 aliphatic heterocycles. The van der Waals surface area contributed by atoms with E-state index in [4.69, 9.17) is 4.74 Å². The van der Waals surface area contributed by atoms with Gasteiger partial charge in [0.1, 0.15) is 6.10 Å². The Balaban J connectivity index is 1.67. The Morgan fingerprint density at radius 1 is 1.30 bits per heavy atom. The van der Waals surface area contributed by atoms with Gasteiger partial charge in [-0.1, -0.05) is 12.1 Å². The Bertz CT molecular complexity index is 696. The molecule has 1 fully saturated rings. The summed E-state index contributed by atoms with van der Waals surface area (Å²) in [6.45, 7) is 1.31. The van der Waals surface area contributed by atoms with Crippen LogP contribution in [0, 0.1) is 3.57 Å². The van der Waals surface area contributed by atoms with Gasteiger partial charge in [-0.25, -0.2) is 9.97 Å². The topological polar surface area (TPSA) is 55.3 Å². The number of hydrogen-bond acceptors (Lipinski definition) is 4. The van der Waals surface area contributed by atoms with Crippen molar-refractivity contribution in [2.24, 2.45) is 0 Å². The van der Waals surface area contributed by atoms with E-state index in [0.29, 0.717) is 12.6 Å². The van der Waals surface area contributed by atoms with Crippen LogP contribution in [0.3, 0.4) is 0 Å². The monoisotopic (exact) mass is 487 g/mol. The lowest BCUT2D eigenvalue weighted by atomic mass is 10.1. The van der Waals surface area contributed by atoms with Crippen molar-refractivity contribution >= 4 is 44.4 Å². The quantitative estimate of drug-likeness (QED) is 0.621. The fourth-order valence-corrected chi connectivity index (χ4v) is 3.36. The van der Waals surface area contributed by atoms with Crippen molar-refractivity contribution in [1.82, 2.24) is 14.9 Å². The van der Waals surface area contributed by atoms with Gasteiger partial charge < -0.3 is 9.64 Å². The lowest BCUT2D eigenvalue weighted by Crippen LogP contribution is -2.44. The van der Waals surface area contributed by atoms with Gasteiger partial charge in [0.05, 0.1) is 16.6 Å². The Labute approximate surface area is 156 Å². The van der Waals surface area contributed by atoms with Crippen LogP contribution in [0.25, 0.3) is 0 Å². The first-order valence-corrected chi connectivity index (χ1v) is 9.18. The number of carbonyl (C=O) groups is 1. The molecule has 1 amide bonds. The molecule has 0 N–H and O–H groups in total. The zero-order valence-electron chi connectivity index (χ0n) is 12.3. The summed E-state index contributed by atoms with van der Waals surface area (Å²) < 4.78 is 7.59. The lowest BCUT2D eigenvalue weighted by Gasteiger charge is -2.32. The van der Waals surface area contributed by atoms with Crippen LogP contribution in [0.5, 0.6) is 6.01 Å². The van der Waals surface area contributed by atoms with Gasteiger partial charge >= 0.3 is 6.01 Å². The minimum Gasteiger partial charge on any atom is -0.458 e. The third-order valence-corrected chi connectivity index (χ3v) is 4.99. The molecule has 5 nitrogen and oxygen atoms in total. The molecule has 0 saturated carbocycles. The summed E-state index contributed by atoms with van der Waals surface area (Å²) >= 11 is 5.49. The third-order valence-electron chi connectivity index (χ3n) is 3.64. The van der Waals surface area contributed by atoms with Crippen molar-refractivity contribution in [3.8, 4) is 6.01 Å². The van der Waals surface area contributed by atoms with Crippen LogP contribution < -0.4 is 4.74 Å². The molecule has 1 unspecified atom stereocenters. The van der Waals surface area contributed by atoms with Crippen LogP contribution in [-0.4, -0.2) is 40.0 Å². The number of hydrogen-bond donors (Lipinski definition) is 0. The highest BCUT2D eigenvalue weighted by molar-refractivity contribution is 14.1. The maximum absolute atomic E-state index is 12.7. The largest absolute Gasteiger partial charge is 0.458 e. The second kappa shape index (κ2) is 7.57. The molecule has 2 heterocycles. The molecule has 1 aromatic heterocycles. The fourth-order valence-electron chi connectivity index (χ4n) is 2.53. The molecule has 120 valence electrons. The van der Waals surface area contributed by atoms with Gasteiger partial charge in [0, 0.05) is 22.5 Å². The van der Waals surface area contributed by atoms with Gasteiger partial charge in [0.25, 0.3) is 5.91 Å². The first-order chi connectivity index (χ1) is 11.1. The molecule has 2 aromatic rings. The summed E-state index contributed by atoms with van der Waals surface area (Å²) in [6, 6.07) is 7.99. The molecular weight excluding hydrogens is 473 g/mol. The summed E-state index contributed by atoms with van der Waals surface area (Å²) in [4.78, 5) is 22.8. The number of ether oxygens (including phenoxy) is 1. The van der Waals surface area contributed by atoms with Gasteiger partial charge in [-0.15, -0.1) is 0 Å². The van der Waals surface area contributed by atoms with Crippen LogP contribution >= 0.6 is 38.5 Å². The van der Waals surface area contributed by atoms with E-state index < -0.39 is 0 Å². The van der Waals surface area contributed by atoms with Crippen molar-refractivity contribution in [3.63, 3.8) is 0 Å². The van der Waals surface area contributed by atoms with E-state index in [-0.39, 0.29) is 12.0 Å². The standard InChI is InChI=1S/C16H15BrIN3O2/c17-11-8-19-16(20-9-11)23-12-4-3-7-21(10-12)15(22)13-5-1-2-6-14(13)18/h1-2,5-6,8-9,12H,3-4,7,10H2. The predicted molar refractivity (Wildman–Crippen MR) is 98.4 cm³/mol. The smallest absolute Gasteiger partial charge is 0.316 e. The first kappa shape index (κ1) is 16.6. The van der Waals surface area contributed by atoms with Crippen molar-refractivity contribution in [3.05, 3.63) is 50.3 Å². The predicted octanol–water partition coefficient (Wildman–Crippen LogP) is 3.53. The zero-order valence-corrected chi connectivity index (χ0v) is 16.0. The van der Waals surface area contributed by atoms with Crippen molar-refractivity contribution in [2.75, 3.05) is 13.1 Å². The highest BCUT2D eigenvalue weighted by Gasteiger charge is 2.27. The molecule has 23 heavy (non-hydrogen) atoms. The van der Waals surface area contributed by atoms with E-state index in [1.54, 1.807) is 12.4 Å². The molecule has 1 aromatic carbocycles. The molecular formula is C16H15BrIN3O2. The number of benzene rings is 1. The molecule has 1 aliphatic rings. The number of rotatable bonds is 3. The number of amides is 1. The van der Waals surface area contributed by atoms with E-state index >= 15 is 0 Å². The van der Waals surface area contributed by atoms with Gasteiger partial charge in [0.2, 0.25) is 0 Å². The molecule has 7 heteroatoms. The number of likely N-dealkylation sites (tertiary alicyclic amines) is 1. The number of halogens is 2. The molecule has 0 radical (unpaired) electrons. The second-order valence-electron chi connectivity index (χ2n) is 5.30. The number of carbonyl (C=O) groups excluding carboxylic acids is 1. The highest BCUT2D eigenvalue weighted by Crippen LogP contribution is 2.20. The minimum absolute atomic E-state index is 0.0556. The van der Waals surface area contributed by atoms with Crippen molar-refractivity contribution < 1.29 is 9.53 Å². The van der Waals surface area contributed by atoms with Crippen LogP contribution in [0.1, 0.15) is 23.2 Å². The van der Waals surface area contributed by atoms with Crippen LogP contribution in [-0.2, 0) is 0 Å². The van der Waals surface area contributed by atoms with Gasteiger partial charge in [-0.2, -0.15) is 0 Å². The molecule has 0 aliphatic carbocycles. The zero-order chi connectivity index (χ0) is 16.2. The van der Waals surface area contributed by atoms with Crippen molar-refractivity contribution in [1.29, 1.82) is 0 Å². The maximum Gasteiger partial charge on any atom is 0.316 e. The molecule has 1 atom stereocenters. The van der Waals surface area contributed by atoms with E-state index in [2.05, 4.69) is 48.5 Å². The van der Waals surface area contributed by atoms with Crippen LogP contribution in [0.2, 0.25) is 0 Å². The number of aromatic nitrogens is 2. The maximum atomic E-state index is 12.7. The summed E-state index contributed by atoms with van der Waals surface area (Å²) in [5.41, 5.74) is 0.744. The van der Waals surface area contributed by atoms with E-state index in [9.17, 15) is 4.79 Å². The Hall–Kier alpha value is -1.22. The fraction of sp³-hybridized carbons (Fsp3) is 0.312. The summed E-state index contributed by atoms with van der Waals surface area (Å²) in [5, 5.41) is 0. The Morgan fingerprint density at radius 3 is 2.78 bits per heavy atom. The number of piperidine rings is 1. The average molecular weight is 488 g/mol.